The van der Waals surface area contributed by atoms with Gasteiger partial charge in [0.1, 0.15) is 0 Å². The molecule has 2 atom stereocenters. The van der Waals surface area contributed by atoms with E-state index in [-0.39, 0.29) is 17.9 Å². The number of rotatable bonds is 5. The molecular formula is C16H23N3O2. The average Bonchev–Trinajstić information content (AvgIpc) is 2.91. The summed E-state index contributed by atoms with van der Waals surface area (Å²) in [6.07, 6.45) is 1.91. The fraction of sp³-hybridized carbons (Fsp3) is 0.500. The Morgan fingerprint density at radius 3 is 2.86 bits per heavy atom. The van der Waals surface area contributed by atoms with Gasteiger partial charge >= 0.3 is 0 Å². The molecule has 1 aliphatic heterocycles. The predicted octanol–water partition coefficient (Wildman–Crippen LogP) is 1.76. The molecule has 21 heavy (non-hydrogen) atoms. The van der Waals surface area contributed by atoms with Crippen molar-refractivity contribution in [3.05, 3.63) is 29.8 Å². The van der Waals surface area contributed by atoms with Crippen LogP contribution in [0.15, 0.2) is 24.3 Å². The zero-order chi connectivity index (χ0) is 15.2. The maximum Gasteiger partial charge on any atom is 0.251 e. The third kappa shape index (κ3) is 4.04. The molecule has 0 saturated carbocycles. The Hall–Kier alpha value is -1.88. The molecule has 0 aliphatic carbocycles. The topological polar surface area (TPSA) is 70.2 Å². The monoisotopic (exact) mass is 289 g/mol. The smallest absolute Gasteiger partial charge is 0.251 e. The van der Waals surface area contributed by atoms with Gasteiger partial charge < -0.3 is 16.0 Å². The van der Waals surface area contributed by atoms with Crippen LogP contribution in [-0.4, -0.2) is 30.9 Å². The third-order valence-corrected chi connectivity index (χ3v) is 3.74. The lowest BCUT2D eigenvalue weighted by Crippen LogP contribution is -2.39. The van der Waals surface area contributed by atoms with Crippen LogP contribution in [0.5, 0.6) is 0 Å². The highest BCUT2D eigenvalue weighted by Gasteiger charge is 2.29. The molecule has 0 spiro atoms. The minimum atomic E-state index is -0.150. The molecule has 0 aromatic heterocycles. The first-order valence-corrected chi connectivity index (χ1v) is 7.54. The van der Waals surface area contributed by atoms with Gasteiger partial charge in [-0.25, -0.2) is 0 Å². The normalized spacial score (nSPS) is 21.0. The highest BCUT2D eigenvalue weighted by Crippen LogP contribution is 2.17. The van der Waals surface area contributed by atoms with Gasteiger partial charge in [0.15, 0.2) is 0 Å². The number of carbonyl (C=O) groups is 2. The van der Waals surface area contributed by atoms with E-state index in [1.807, 2.05) is 6.92 Å². The SMILES string of the molecule is CCCNC(=O)c1cccc(NC(=O)C2NCCC2C)c1. The first kappa shape index (κ1) is 15.5. The lowest BCUT2D eigenvalue weighted by molar-refractivity contribution is -0.118. The van der Waals surface area contributed by atoms with E-state index in [0.717, 1.165) is 19.4 Å². The van der Waals surface area contributed by atoms with Crippen LogP contribution in [-0.2, 0) is 4.79 Å². The second kappa shape index (κ2) is 7.22. The van der Waals surface area contributed by atoms with E-state index in [0.29, 0.717) is 23.7 Å². The van der Waals surface area contributed by atoms with Crippen LogP contribution >= 0.6 is 0 Å². The molecule has 5 heteroatoms. The molecule has 1 aliphatic rings. The van der Waals surface area contributed by atoms with Gasteiger partial charge in [-0.15, -0.1) is 0 Å². The van der Waals surface area contributed by atoms with Gasteiger partial charge in [0.25, 0.3) is 5.91 Å². The number of anilines is 1. The number of amides is 2. The molecule has 2 unspecified atom stereocenters. The summed E-state index contributed by atoms with van der Waals surface area (Å²) < 4.78 is 0. The molecule has 2 amide bonds. The Morgan fingerprint density at radius 1 is 1.38 bits per heavy atom. The summed E-state index contributed by atoms with van der Waals surface area (Å²) in [5.74, 6) is 0.187. The van der Waals surface area contributed by atoms with Crippen molar-refractivity contribution in [1.82, 2.24) is 10.6 Å². The fourth-order valence-electron chi connectivity index (χ4n) is 2.48. The van der Waals surface area contributed by atoms with Crippen molar-refractivity contribution < 1.29 is 9.59 Å². The molecule has 1 saturated heterocycles. The van der Waals surface area contributed by atoms with Crippen LogP contribution in [0, 0.1) is 5.92 Å². The average molecular weight is 289 g/mol. The van der Waals surface area contributed by atoms with Gasteiger partial charge in [-0.05, 0) is 43.5 Å². The molecule has 1 aromatic carbocycles. The molecule has 3 N–H and O–H groups in total. The van der Waals surface area contributed by atoms with Crippen molar-refractivity contribution in [1.29, 1.82) is 0 Å². The number of hydrogen-bond donors (Lipinski definition) is 3. The molecular weight excluding hydrogens is 266 g/mol. The number of benzene rings is 1. The van der Waals surface area contributed by atoms with Crippen LogP contribution in [0.3, 0.4) is 0 Å². The molecule has 1 aromatic rings. The first-order valence-electron chi connectivity index (χ1n) is 7.54. The Balaban J connectivity index is 2.00. The zero-order valence-electron chi connectivity index (χ0n) is 12.6. The van der Waals surface area contributed by atoms with E-state index in [4.69, 9.17) is 0 Å². The summed E-state index contributed by atoms with van der Waals surface area (Å²) in [5, 5.41) is 8.91. The van der Waals surface area contributed by atoms with Crippen molar-refractivity contribution >= 4 is 17.5 Å². The summed E-state index contributed by atoms with van der Waals surface area (Å²) in [5.41, 5.74) is 1.22. The fourth-order valence-corrected chi connectivity index (χ4v) is 2.48. The Kier molecular flexibility index (Phi) is 5.33. The predicted molar refractivity (Wildman–Crippen MR) is 83.3 cm³/mol. The van der Waals surface area contributed by atoms with Crippen LogP contribution < -0.4 is 16.0 Å². The Labute approximate surface area is 125 Å². The highest BCUT2D eigenvalue weighted by atomic mass is 16.2. The van der Waals surface area contributed by atoms with Crippen molar-refractivity contribution in [3.63, 3.8) is 0 Å². The van der Waals surface area contributed by atoms with Crippen molar-refractivity contribution in [2.75, 3.05) is 18.4 Å². The van der Waals surface area contributed by atoms with Gasteiger partial charge in [0.05, 0.1) is 6.04 Å². The van der Waals surface area contributed by atoms with Gasteiger partial charge in [-0.3, -0.25) is 9.59 Å². The van der Waals surface area contributed by atoms with Gasteiger partial charge in [0, 0.05) is 17.8 Å². The largest absolute Gasteiger partial charge is 0.352 e. The second-order valence-electron chi connectivity index (χ2n) is 5.52. The molecule has 114 valence electrons. The van der Waals surface area contributed by atoms with E-state index in [9.17, 15) is 9.59 Å². The number of carbonyl (C=O) groups excluding carboxylic acids is 2. The maximum absolute atomic E-state index is 12.2. The number of hydrogen-bond acceptors (Lipinski definition) is 3. The van der Waals surface area contributed by atoms with Crippen LogP contribution in [0.4, 0.5) is 5.69 Å². The minimum absolute atomic E-state index is 0.0360. The summed E-state index contributed by atoms with van der Waals surface area (Å²) in [7, 11) is 0. The minimum Gasteiger partial charge on any atom is -0.352 e. The standard InChI is InChI=1S/C16H23N3O2/c1-3-8-18-15(20)12-5-4-6-13(10-12)19-16(21)14-11(2)7-9-17-14/h4-6,10-11,14,17H,3,7-9H2,1-2H3,(H,18,20)(H,19,21). The van der Waals surface area contributed by atoms with E-state index >= 15 is 0 Å². The van der Waals surface area contributed by atoms with Crippen LogP contribution in [0.2, 0.25) is 0 Å². The molecule has 0 radical (unpaired) electrons. The van der Waals surface area contributed by atoms with Gasteiger partial charge in [-0.2, -0.15) is 0 Å². The van der Waals surface area contributed by atoms with E-state index in [1.165, 1.54) is 0 Å². The van der Waals surface area contributed by atoms with Crippen LogP contribution in [0.25, 0.3) is 0 Å². The van der Waals surface area contributed by atoms with E-state index < -0.39 is 0 Å². The quantitative estimate of drug-likeness (QED) is 0.773. The van der Waals surface area contributed by atoms with Gasteiger partial charge in [0.2, 0.25) is 5.91 Å². The lowest BCUT2D eigenvalue weighted by Gasteiger charge is -2.15. The molecule has 2 rings (SSSR count). The molecule has 1 fully saturated rings. The van der Waals surface area contributed by atoms with Crippen LogP contribution in [0.1, 0.15) is 37.0 Å². The van der Waals surface area contributed by atoms with Crippen molar-refractivity contribution in [3.8, 4) is 0 Å². The number of nitrogens with one attached hydrogen (secondary N) is 3. The zero-order valence-corrected chi connectivity index (χ0v) is 12.6. The summed E-state index contributed by atoms with van der Waals surface area (Å²) in [6, 6.07) is 6.89. The summed E-state index contributed by atoms with van der Waals surface area (Å²) >= 11 is 0. The summed E-state index contributed by atoms with van der Waals surface area (Å²) in [4.78, 5) is 24.1. The molecule has 1 heterocycles. The first-order chi connectivity index (χ1) is 10.1. The Bertz CT molecular complexity index is 516. The molecule has 5 nitrogen and oxygen atoms in total. The third-order valence-electron chi connectivity index (χ3n) is 3.74. The molecule has 0 bridgehead atoms. The van der Waals surface area contributed by atoms with Crippen molar-refractivity contribution in [2.45, 2.75) is 32.7 Å². The Morgan fingerprint density at radius 2 is 2.19 bits per heavy atom. The summed E-state index contributed by atoms with van der Waals surface area (Å²) in [6.45, 7) is 5.60. The van der Waals surface area contributed by atoms with Crippen molar-refractivity contribution in [2.24, 2.45) is 5.92 Å². The van der Waals surface area contributed by atoms with Gasteiger partial charge in [-0.1, -0.05) is 19.9 Å². The lowest BCUT2D eigenvalue weighted by atomic mass is 10.0. The van der Waals surface area contributed by atoms with E-state index in [2.05, 4.69) is 22.9 Å². The van der Waals surface area contributed by atoms with E-state index in [1.54, 1.807) is 24.3 Å². The second-order valence-corrected chi connectivity index (χ2v) is 5.52. The highest BCUT2D eigenvalue weighted by molar-refractivity contribution is 5.98. The maximum atomic E-state index is 12.2.